The fourth-order valence-electron chi connectivity index (χ4n) is 2.41. The Bertz CT molecular complexity index is 155. The average Bonchev–Trinajstić information content (AvgIpc) is 2.49. The molecule has 0 aliphatic carbocycles. The van der Waals surface area contributed by atoms with Gasteiger partial charge in [0.15, 0.2) is 0 Å². The van der Waals surface area contributed by atoms with E-state index in [0.717, 1.165) is 32.7 Å². The summed E-state index contributed by atoms with van der Waals surface area (Å²) in [4.78, 5) is 0. The minimum absolute atomic E-state index is 0.293. The molecule has 2 aliphatic rings. The van der Waals surface area contributed by atoms with E-state index >= 15 is 0 Å². The topological polar surface area (TPSA) is 44.5 Å². The van der Waals surface area contributed by atoms with Gasteiger partial charge in [-0.2, -0.15) is 0 Å². The summed E-state index contributed by atoms with van der Waals surface area (Å²) in [6.07, 6.45) is 3.74. The highest BCUT2D eigenvalue weighted by atomic mass is 16.5. The summed E-state index contributed by atoms with van der Waals surface area (Å²) in [6.45, 7) is 3.33. The fourth-order valence-corrected chi connectivity index (χ4v) is 2.41. The van der Waals surface area contributed by atoms with Crippen LogP contribution >= 0.6 is 0 Å². The Morgan fingerprint density at radius 1 is 1.17 bits per heavy atom. The van der Waals surface area contributed by atoms with Crippen LogP contribution in [-0.2, 0) is 9.47 Å². The summed E-state index contributed by atoms with van der Waals surface area (Å²) >= 11 is 0. The lowest BCUT2D eigenvalue weighted by Gasteiger charge is -2.36. The van der Waals surface area contributed by atoms with Crippen molar-refractivity contribution >= 4 is 0 Å². The minimum atomic E-state index is 0.293. The molecule has 3 heteroatoms. The van der Waals surface area contributed by atoms with Crippen molar-refractivity contribution in [2.75, 3.05) is 26.4 Å². The molecule has 0 aromatic heterocycles. The smallest absolute Gasteiger partial charge is 0.0755 e. The molecule has 2 rings (SSSR count). The summed E-state index contributed by atoms with van der Waals surface area (Å²) in [5, 5.41) is 0. The van der Waals surface area contributed by atoms with E-state index in [9.17, 15) is 0 Å². The van der Waals surface area contributed by atoms with Crippen molar-refractivity contribution in [1.29, 1.82) is 0 Å². The number of nitrogens with two attached hydrogens (primary N) is 1. The average molecular weight is 171 g/mol. The number of ether oxygens (including phenoxy) is 2. The molecule has 2 saturated heterocycles. The zero-order valence-electron chi connectivity index (χ0n) is 7.42. The van der Waals surface area contributed by atoms with Crippen molar-refractivity contribution in [1.82, 2.24) is 0 Å². The SMILES string of the molecule is NCC1OCCC12CCOCC2. The van der Waals surface area contributed by atoms with E-state index in [1.165, 1.54) is 6.42 Å². The molecule has 2 fully saturated rings. The van der Waals surface area contributed by atoms with Crippen LogP contribution in [-0.4, -0.2) is 32.5 Å². The van der Waals surface area contributed by atoms with Crippen LogP contribution in [0.2, 0.25) is 0 Å². The maximum absolute atomic E-state index is 5.67. The third-order valence-electron chi connectivity index (χ3n) is 3.30. The molecule has 0 amide bonds. The van der Waals surface area contributed by atoms with Crippen LogP contribution in [0.15, 0.2) is 0 Å². The summed E-state index contributed by atoms with van der Waals surface area (Å²) in [5.41, 5.74) is 6.04. The molecule has 0 aromatic rings. The van der Waals surface area contributed by atoms with Gasteiger partial charge in [-0.05, 0) is 19.3 Å². The largest absolute Gasteiger partial charge is 0.381 e. The first-order chi connectivity index (χ1) is 5.87. The quantitative estimate of drug-likeness (QED) is 0.626. The second-order valence-electron chi connectivity index (χ2n) is 3.82. The standard InChI is InChI=1S/C9H17NO2/c10-7-8-9(3-6-12-8)1-4-11-5-2-9/h8H,1-7,10H2. The Kier molecular flexibility index (Phi) is 2.35. The zero-order valence-corrected chi connectivity index (χ0v) is 7.42. The predicted octanol–water partition coefficient (Wildman–Crippen LogP) is 0.531. The van der Waals surface area contributed by atoms with Gasteiger partial charge in [-0.3, -0.25) is 0 Å². The van der Waals surface area contributed by atoms with Crippen LogP contribution in [0.25, 0.3) is 0 Å². The van der Waals surface area contributed by atoms with Gasteiger partial charge in [0.2, 0.25) is 0 Å². The third-order valence-corrected chi connectivity index (χ3v) is 3.30. The van der Waals surface area contributed by atoms with Gasteiger partial charge >= 0.3 is 0 Å². The van der Waals surface area contributed by atoms with Gasteiger partial charge in [-0.1, -0.05) is 0 Å². The van der Waals surface area contributed by atoms with Crippen molar-refractivity contribution in [2.45, 2.75) is 25.4 Å². The van der Waals surface area contributed by atoms with Crippen LogP contribution in [0.1, 0.15) is 19.3 Å². The summed E-state index contributed by atoms with van der Waals surface area (Å²) in [5.74, 6) is 0. The summed E-state index contributed by atoms with van der Waals surface area (Å²) in [7, 11) is 0. The molecule has 2 N–H and O–H groups in total. The van der Waals surface area contributed by atoms with E-state index in [-0.39, 0.29) is 0 Å². The Labute approximate surface area is 73.2 Å². The van der Waals surface area contributed by atoms with E-state index < -0.39 is 0 Å². The van der Waals surface area contributed by atoms with Gasteiger partial charge in [-0.25, -0.2) is 0 Å². The lowest BCUT2D eigenvalue weighted by atomic mass is 9.74. The molecule has 70 valence electrons. The van der Waals surface area contributed by atoms with Gasteiger partial charge in [0.1, 0.15) is 0 Å². The highest BCUT2D eigenvalue weighted by Crippen LogP contribution is 2.42. The van der Waals surface area contributed by atoms with Crippen molar-refractivity contribution in [2.24, 2.45) is 11.1 Å². The first-order valence-corrected chi connectivity index (χ1v) is 4.77. The Hall–Kier alpha value is -0.120. The molecule has 3 nitrogen and oxygen atoms in total. The first-order valence-electron chi connectivity index (χ1n) is 4.77. The van der Waals surface area contributed by atoms with E-state index in [0.29, 0.717) is 18.1 Å². The highest BCUT2D eigenvalue weighted by molar-refractivity contribution is 4.93. The van der Waals surface area contributed by atoms with Gasteiger partial charge < -0.3 is 15.2 Å². The molecule has 2 aliphatic heterocycles. The van der Waals surface area contributed by atoms with Crippen molar-refractivity contribution < 1.29 is 9.47 Å². The molecule has 0 aromatic carbocycles. The maximum Gasteiger partial charge on any atom is 0.0755 e. The van der Waals surface area contributed by atoms with Crippen molar-refractivity contribution in [3.05, 3.63) is 0 Å². The number of hydrogen-bond acceptors (Lipinski definition) is 3. The van der Waals surface area contributed by atoms with Crippen LogP contribution < -0.4 is 5.73 Å². The van der Waals surface area contributed by atoms with Crippen molar-refractivity contribution in [3.8, 4) is 0 Å². The zero-order chi connectivity index (χ0) is 8.44. The molecule has 0 radical (unpaired) electrons. The lowest BCUT2D eigenvalue weighted by molar-refractivity contribution is -0.0285. The number of hydrogen-bond donors (Lipinski definition) is 1. The molecule has 12 heavy (non-hydrogen) atoms. The number of rotatable bonds is 1. The summed E-state index contributed by atoms with van der Waals surface area (Å²) < 4.78 is 11.0. The van der Waals surface area contributed by atoms with Gasteiger partial charge in [0, 0.05) is 31.8 Å². The highest BCUT2D eigenvalue weighted by Gasteiger charge is 2.43. The van der Waals surface area contributed by atoms with Gasteiger partial charge in [-0.15, -0.1) is 0 Å². The molecule has 1 unspecified atom stereocenters. The molecule has 0 saturated carbocycles. The minimum Gasteiger partial charge on any atom is -0.381 e. The summed E-state index contributed by atoms with van der Waals surface area (Å²) in [6, 6.07) is 0. The predicted molar refractivity (Wildman–Crippen MR) is 45.9 cm³/mol. The lowest BCUT2D eigenvalue weighted by Crippen LogP contribution is -2.41. The third kappa shape index (κ3) is 1.26. The van der Waals surface area contributed by atoms with E-state index in [1.54, 1.807) is 0 Å². The Balaban J connectivity index is 2.05. The second-order valence-corrected chi connectivity index (χ2v) is 3.82. The molecular formula is C9H17NO2. The first kappa shape index (κ1) is 8.48. The van der Waals surface area contributed by atoms with Crippen LogP contribution in [0.3, 0.4) is 0 Å². The van der Waals surface area contributed by atoms with Crippen LogP contribution in [0, 0.1) is 5.41 Å². The molecule has 1 spiro atoms. The van der Waals surface area contributed by atoms with E-state index in [2.05, 4.69) is 0 Å². The molecule has 1 atom stereocenters. The molecule has 2 heterocycles. The molecule has 0 bridgehead atoms. The monoisotopic (exact) mass is 171 g/mol. The fraction of sp³-hybridized carbons (Fsp3) is 1.00. The second kappa shape index (κ2) is 3.32. The Morgan fingerprint density at radius 2 is 1.83 bits per heavy atom. The van der Waals surface area contributed by atoms with Crippen molar-refractivity contribution in [3.63, 3.8) is 0 Å². The van der Waals surface area contributed by atoms with Gasteiger partial charge in [0.25, 0.3) is 0 Å². The van der Waals surface area contributed by atoms with Crippen LogP contribution in [0.5, 0.6) is 0 Å². The molecular weight excluding hydrogens is 154 g/mol. The van der Waals surface area contributed by atoms with Gasteiger partial charge in [0.05, 0.1) is 6.10 Å². The van der Waals surface area contributed by atoms with E-state index in [1.807, 2.05) is 0 Å². The van der Waals surface area contributed by atoms with Crippen LogP contribution in [0.4, 0.5) is 0 Å². The van der Waals surface area contributed by atoms with E-state index in [4.69, 9.17) is 15.2 Å². The Morgan fingerprint density at radius 3 is 2.50 bits per heavy atom. The maximum atomic E-state index is 5.67. The normalized spacial score (nSPS) is 34.2.